The van der Waals surface area contributed by atoms with Crippen LogP contribution in [0.25, 0.3) is 10.9 Å². The number of imide groups is 1. The van der Waals surface area contributed by atoms with Gasteiger partial charge in [0.2, 0.25) is 5.91 Å². The lowest BCUT2D eigenvalue weighted by Crippen LogP contribution is -2.49. The number of nitrogens with one attached hydrogen (secondary N) is 2. The molecule has 4 rings (SSSR count). The third kappa shape index (κ3) is 4.85. The Kier molecular flexibility index (Phi) is 6.79. The summed E-state index contributed by atoms with van der Waals surface area (Å²) < 4.78 is 6.70. The van der Waals surface area contributed by atoms with Gasteiger partial charge in [0.25, 0.3) is 11.5 Å². The molecule has 35 heavy (non-hydrogen) atoms. The van der Waals surface area contributed by atoms with Crippen LogP contribution in [0.5, 0.6) is 5.75 Å². The van der Waals surface area contributed by atoms with E-state index in [0.29, 0.717) is 33.2 Å². The first-order chi connectivity index (χ1) is 16.8. The van der Waals surface area contributed by atoms with E-state index in [1.54, 1.807) is 57.4 Å². The zero-order chi connectivity index (χ0) is 25.2. The fourth-order valence-corrected chi connectivity index (χ4v) is 4.41. The number of hydrogen-bond donors (Lipinski definition) is 2. The summed E-state index contributed by atoms with van der Waals surface area (Å²) in [6.45, 7) is 3.62. The number of methoxy groups -OCH3 is 1. The molecule has 1 saturated heterocycles. The van der Waals surface area contributed by atoms with E-state index >= 15 is 0 Å². The van der Waals surface area contributed by atoms with Crippen molar-refractivity contribution in [2.75, 3.05) is 12.9 Å². The van der Waals surface area contributed by atoms with Gasteiger partial charge in [0, 0.05) is 0 Å². The van der Waals surface area contributed by atoms with Crippen molar-refractivity contribution < 1.29 is 19.1 Å². The Morgan fingerprint density at radius 1 is 1.14 bits per heavy atom. The van der Waals surface area contributed by atoms with Crippen LogP contribution in [0.1, 0.15) is 25.8 Å². The van der Waals surface area contributed by atoms with E-state index in [1.165, 1.54) is 4.57 Å². The minimum absolute atomic E-state index is 0.159. The highest BCUT2D eigenvalue weighted by Gasteiger charge is 2.47. The normalized spacial score (nSPS) is 17.5. The Morgan fingerprint density at radius 3 is 2.51 bits per heavy atom. The second-order valence-electron chi connectivity index (χ2n) is 8.23. The lowest BCUT2D eigenvalue weighted by atomic mass is 10.00. The van der Waals surface area contributed by atoms with Crippen LogP contribution in [0.15, 0.2) is 58.5 Å². The first-order valence-electron chi connectivity index (χ1n) is 11.0. The summed E-state index contributed by atoms with van der Waals surface area (Å²) in [4.78, 5) is 55.2. The van der Waals surface area contributed by atoms with Crippen LogP contribution in [0.3, 0.4) is 0 Å². The van der Waals surface area contributed by atoms with Gasteiger partial charge in [-0.25, -0.2) is 9.78 Å². The van der Waals surface area contributed by atoms with Gasteiger partial charge in [-0.1, -0.05) is 43.0 Å². The van der Waals surface area contributed by atoms with Crippen molar-refractivity contribution in [3.05, 3.63) is 64.4 Å². The van der Waals surface area contributed by atoms with E-state index < -0.39 is 23.4 Å². The van der Waals surface area contributed by atoms with Crippen LogP contribution in [0.4, 0.5) is 4.79 Å². The van der Waals surface area contributed by atoms with Crippen LogP contribution >= 0.6 is 11.8 Å². The van der Waals surface area contributed by atoms with Gasteiger partial charge >= 0.3 is 6.03 Å². The summed E-state index contributed by atoms with van der Waals surface area (Å²) in [5.74, 6) is -0.558. The van der Waals surface area contributed by atoms with Gasteiger partial charge in [0.1, 0.15) is 11.3 Å². The van der Waals surface area contributed by atoms with Gasteiger partial charge in [0.05, 0.1) is 30.3 Å². The molecule has 0 aliphatic carbocycles. The predicted molar refractivity (Wildman–Crippen MR) is 131 cm³/mol. The zero-order valence-electron chi connectivity index (χ0n) is 19.5. The number of para-hydroxylation sites is 1. The lowest BCUT2D eigenvalue weighted by molar-refractivity contribution is -0.137. The Hall–Kier alpha value is -3.86. The highest BCUT2D eigenvalue weighted by atomic mass is 32.2. The molecule has 2 N–H and O–H groups in total. The summed E-state index contributed by atoms with van der Waals surface area (Å²) in [6.07, 6.45) is 0.386. The highest BCUT2D eigenvalue weighted by molar-refractivity contribution is 7.99. The number of carbonyl (C=O) groups is 3. The van der Waals surface area contributed by atoms with Gasteiger partial charge in [0.15, 0.2) is 5.16 Å². The molecule has 1 aliphatic rings. The zero-order valence-corrected chi connectivity index (χ0v) is 20.3. The molecule has 0 spiro atoms. The number of nitrogens with zero attached hydrogens (tertiary/aromatic N) is 3. The highest BCUT2D eigenvalue weighted by Crippen LogP contribution is 2.22. The number of urea groups is 1. The number of hydrazine groups is 1. The van der Waals surface area contributed by atoms with E-state index in [9.17, 15) is 19.2 Å². The summed E-state index contributed by atoms with van der Waals surface area (Å²) in [6, 6.07) is 13.6. The maximum Gasteiger partial charge on any atom is 0.344 e. The van der Waals surface area contributed by atoms with Crippen molar-refractivity contribution in [1.82, 2.24) is 25.3 Å². The van der Waals surface area contributed by atoms with Gasteiger partial charge in [-0.05, 0) is 43.2 Å². The van der Waals surface area contributed by atoms with Crippen molar-refractivity contribution in [3.8, 4) is 5.75 Å². The molecule has 3 aromatic rings. The molecular formula is C24H25N5O5S. The molecule has 1 atom stereocenters. The molecule has 2 heterocycles. The number of aromatic nitrogens is 2. The van der Waals surface area contributed by atoms with E-state index in [4.69, 9.17) is 4.74 Å². The van der Waals surface area contributed by atoms with Crippen molar-refractivity contribution in [3.63, 3.8) is 0 Å². The maximum atomic E-state index is 13.3. The Balaban J connectivity index is 1.56. The largest absolute Gasteiger partial charge is 0.497 e. The lowest BCUT2D eigenvalue weighted by Gasteiger charge is -2.19. The van der Waals surface area contributed by atoms with E-state index in [-0.39, 0.29) is 17.9 Å². The molecule has 0 bridgehead atoms. The predicted octanol–water partition coefficient (Wildman–Crippen LogP) is 2.30. The average molecular weight is 496 g/mol. The SMILES string of the molecule is CCC1(C)NC(=O)N(NC(=O)CSc2nc3ccccc3c(=O)n2Cc2ccc(OC)cc2)C1=O. The van der Waals surface area contributed by atoms with Crippen LogP contribution in [-0.2, 0) is 16.1 Å². The third-order valence-corrected chi connectivity index (χ3v) is 6.84. The van der Waals surface area contributed by atoms with Gasteiger partial charge in [-0.15, -0.1) is 0 Å². The van der Waals surface area contributed by atoms with Crippen molar-refractivity contribution in [1.29, 1.82) is 0 Å². The number of rotatable bonds is 8. The maximum absolute atomic E-state index is 13.3. The monoisotopic (exact) mass is 495 g/mol. The summed E-state index contributed by atoms with van der Waals surface area (Å²) >= 11 is 1.05. The van der Waals surface area contributed by atoms with Crippen molar-refractivity contribution in [2.24, 2.45) is 0 Å². The molecule has 1 unspecified atom stereocenters. The fourth-order valence-electron chi connectivity index (χ4n) is 3.62. The minimum Gasteiger partial charge on any atom is -0.497 e. The quantitative estimate of drug-likeness (QED) is 0.279. The minimum atomic E-state index is -1.06. The van der Waals surface area contributed by atoms with Gasteiger partial charge in [-0.2, -0.15) is 5.01 Å². The standard InChI is InChI=1S/C24H25N5O5S/c1-4-24(2)21(32)29(22(33)26-24)27-19(30)14-35-23-25-18-8-6-5-7-17(18)20(31)28(23)13-15-9-11-16(34-3)12-10-15/h5-12H,4,13-14H2,1-3H3,(H,26,33)(H,27,30). The number of carbonyl (C=O) groups excluding carboxylic acids is 3. The molecule has 0 radical (unpaired) electrons. The first kappa shape index (κ1) is 24.3. The van der Waals surface area contributed by atoms with Crippen LogP contribution < -0.4 is 21.0 Å². The number of benzene rings is 2. The van der Waals surface area contributed by atoms with E-state index in [2.05, 4.69) is 15.7 Å². The Bertz CT molecular complexity index is 1360. The third-order valence-electron chi connectivity index (χ3n) is 5.86. The Labute approximate surface area is 205 Å². The van der Waals surface area contributed by atoms with E-state index in [1.807, 2.05) is 12.1 Å². The smallest absolute Gasteiger partial charge is 0.344 e. The second kappa shape index (κ2) is 9.79. The molecule has 182 valence electrons. The molecule has 1 aromatic heterocycles. The summed E-state index contributed by atoms with van der Waals surface area (Å²) in [5.41, 5.74) is 2.43. The number of fused-ring (bicyclic) bond motifs is 1. The molecule has 11 heteroatoms. The van der Waals surface area contributed by atoms with Crippen LogP contribution in [-0.4, -0.2) is 50.8 Å². The Morgan fingerprint density at radius 2 is 1.86 bits per heavy atom. The van der Waals surface area contributed by atoms with Crippen LogP contribution in [0, 0.1) is 0 Å². The number of hydrogen-bond acceptors (Lipinski definition) is 7. The fraction of sp³-hybridized carbons (Fsp3) is 0.292. The first-order valence-corrected chi connectivity index (χ1v) is 12.0. The van der Waals surface area contributed by atoms with Crippen molar-refractivity contribution >= 4 is 40.5 Å². The topological polar surface area (TPSA) is 123 Å². The molecule has 10 nitrogen and oxygen atoms in total. The molecular weight excluding hydrogens is 470 g/mol. The molecule has 4 amide bonds. The number of thioether (sulfide) groups is 1. The average Bonchev–Trinajstić information content (AvgIpc) is 3.08. The molecule has 2 aromatic carbocycles. The van der Waals surface area contributed by atoms with Crippen LogP contribution in [0.2, 0.25) is 0 Å². The molecule has 0 saturated carbocycles. The summed E-state index contributed by atoms with van der Waals surface area (Å²) in [5, 5.41) is 4.09. The van der Waals surface area contributed by atoms with Gasteiger partial charge in [-0.3, -0.25) is 24.4 Å². The van der Waals surface area contributed by atoms with Gasteiger partial charge < -0.3 is 10.1 Å². The summed E-state index contributed by atoms with van der Waals surface area (Å²) in [7, 11) is 1.58. The second-order valence-corrected chi connectivity index (χ2v) is 9.17. The number of ether oxygens (including phenoxy) is 1. The number of amides is 4. The molecule has 1 aliphatic heterocycles. The van der Waals surface area contributed by atoms with Crippen molar-refractivity contribution in [2.45, 2.75) is 37.5 Å². The molecule has 1 fully saturated rings. The van der Waals surface area contributed by atoms with E-state index in [0.717, 1.165) is 17.3 Å².